The van der Waals surface area contributed by atoms with Gasteiger partial charge in [0.25, 0.3) is 5.69 Å². The molecule has 2 heterocycles. The minimum Gasteiger partial charge on any atom is -0.318 e. The minimum atomic E-state index is -0.389. The van der Waals surface area contributed by atoms with Crippen molar-refractivity contribution < 1.29 is 4.92 Å². The SMILES string of the molecule is O=[N+]([O-])c1cccc2c(NN3CCCCC3)ccnc12. The Bertz CT molecular complexity index is 638. The number of pyridine rings is 1. The van der Waals surface area contributed by atoms with Crippen LogP contribution in [0.2, 0.25) is 0 Å². The third-order valence-corrected chi connectivity index (χ3v) is 3.58. The van der Waals surface area contributed by atoms with E-state index in [1.54, 1.807) is 12.3 Å². The molecule has 0 atom stereocenters. The summed E-state index contributed by atoms with van der Waals surface area (Å²) < 4.78 is 0. The first-order valence-electron chi connectivity index (χ1n) is 6.79. The largest absolute Gasteiger partial charge is 0.318 e. The number of piperidine rings is 1. The van der Waals surface area contributed by atoms with Gasteiger partial charge in [-0.05, 0) is 18.9 Å². The van der Waals surface area contributed by atoms with Gasteiger partial charge in [0.15, 0.2) is 0 Å². The Hall–Kier alpha value is -2.21. The van der Waals surface area contributed by atoms with Gasteiger partial charge in [0.2, 0.25) is 0 Å². The number of nitrogens with zero attached hydrogens (tertiary/aromatic N) is 3. The van der Waals surface area contributed by atoms with E-state index in [4.69, 9.17) is 0 Å². The number of nitro benzene ring substituents is 1. The second-order valence-electron chi connectivity index (χ2n) is 4.95. The number of benzene rings is 1. The third kappa shape index (κ3) is 2.42. The summed E-state index contributed by atoms with van der Waals surface area (Å²) >= 11 is 0. The lowest BCUT2D eigenvalue weighted by Crippen LogP contribution is -2.34. The summed E-state index contributed by atoms with van der Waals surface area (Å²) in [6.07, 6.45) is 5.23. The van der Waals surface area contributed by atoms with Gasteiger partial charge in [-0.15, -0.1) is 0 Å². The molecule has 1 aromatic heterocycles. The molecule has 1 N–H and O–H groups in total. The molecule has 3 rings (SSSR count). The lowest BCUT2D eigenvalue weighted by Gasteiger charge is -2.28. The standard InChI is InChI=1S/C14H16N4O2/c19-18(20)13-6-4-5-11-12(7-8-15-14(11)13)16-17-9-2-1-3-10-17/h4-8H,1-3,9-10H2,(H,15,16). The van der Waals surface area contributed by atoms with Crippen LogP contribution in [0.5, 0.6) is 0 Å². The molecule has 0 unspecified atom stereocenters. The third-order valence-electron chi connectivity index (χ3n) is 3.58. The first kappa shape index (κ1) is 12.8. The normalized spacial score (nSPS) is 16.2. The van der Waals surface area contributed by atoms with Crippen LogP contribution in [0.1, 0.15) is 19.3 Å². The zero-order valence-corrected chi connectivity index (χ0v) is 11.1. The van der Waals surface area contributed by atoms with E-state index in [1.807, 2.05) is 12.1 Å². The van der Waals surface area contributed by atoms with Gasteiger partial charge >= 0.3 is 0 Å². The average molecular weight is 272 g/mol. The highest BCUT2D eigenvalue weighted by Gasteiger charge is 2.16. The van der Waals surface area contributed by atoms with Gasteiger partial charge in [-0.1, -0.05) is 18.6 Å². The van der Waals surface area contributed by atoms with E-state index >= 15 is 0 Å². The Morgan fingerprint density at radius 3 is 2.75 bits per heavy atom. The smallest absolute Gasteiger partial charge is 0.295 e. The lowest BCUT2D eigenvalue weighted by atomic mass is 10.1. The van der Waals surface area contributed by atoms with Gasteiger partial charge in [0.1, 0.15) is 5.52 Å². The van der Waals surface area contributed by atoms with E-state index in [9.17, 15) is 10.1 Å². The van der Waals surface area contributed by atoms with Crippen molar-refractivity contribution in [3.8, 4) is 0 Å². The van der Waals surface area contributed by atoms with Crippen molar-refractivity contribution >= 4 is 22.3 Å². The van der Waals surface area contributed by atoms with Gasteiger partial charge in [-0.25, -0.2) is 9.99 Å². The van der Waals surface area contributed by atoms with Crippen molar-refractivity contribution in [2.75, 3.05) is 18.5 Å². The molecule has 2 aromatic rings. The Labute approximate surface area is 116 Å². The maximum absolute atomic E-state index is 11.1. The molecule has 6 heteroatoms. The number of aromatic nitrogens is 1. The first-order valence-corrected chi connectivity index (χ1v) is 6.79. The van der Waals surface area contributed by atoms with Crippen molar-refractivity contribution in [2.24, 2.45) is 0 Å². The van der Waals surface area contributed by atoms with Crippen LogP contribution in [0.25, 0.3) is 10.9 Å². The topological polar surface area (TPSA) is 71.3 Å². The molecule has 1 saturated heterocycles. The van der Waals surface area contributed by atoms with Crippen molar-refractivity contribution in [3.05, 3.63) is 40.6 Å². The zero-order valence-electron chi connectivity index (χ0n) is 11.1. The van der Waals surface area contributed by atoms with Crippen LogP contribution in [-0.4, -0.2) is 28.0 Å². The molecule has 1 aromatic carbocycles. The van der Waals surface area contributed by atoms with Gasteiger partial charge in [0, 0.05) is 30.7 Å². The van der Waals surface area contributed by atoms with Crippen LogP contribution in [0, 0.1) is 10.1 Å². The van der Waals surface area contributed by atoms with Crippen LogP contribution < -0.4 is 5.43 Å². The monoisotopic (exact) mass is 272 g/mol. The average Bonchev–Trinajstić information content (AvgIpc) is 2.48. The number of nitrogens with one attached hydrogen (secondary N) is 1. The number of nitro groups is 1. The first-order chi connectivity index (χ1) is 9.75. The van der Waals surface area contributed by atoms with E-state index in [0.717, 1.165) is 24.2 Å². The maximum Gasteiger partial charge on any atom is 0.295 e. The molecule has 20 heavy (non-hydrogen) atoms. The summed E-state index contributed by atoms with van der Waals surface area (Å²) in [5.41, 5.74) is 4.71. The van der Waals surface area contributed by atoms with E-state index in [2.05, 4.69) is 15.4 Å². The summed E-state index contributed by atoms with van der Waals surface area (Å²) in [5.74, 6) is 0. The molecule has 0 aliphatic carbocycles. The predicted octanol–water partition coefficient (Wildman–Crippen LogP) is 2.96. The van der Waals surface area contributed by atoms with E-state index in [1.165, 1.54) is 25.3 Å². The minimum absolute atomic E-state index is 0.0461. The van der Waals surface area contributed by atoms with Crippen molar-refractivity contribution in [1.82, 2.24) is 9.99 Å². The fourth-order valence-corrected chi connectivity index (χ4v) is 2.58. The molecule has 6 nitrogen and oxygen atoms in total. The second kappa shape index (κ2) is 5.42. The highest BCUT2D eigenvalue weighted by atomic mass is 16.6. The molecule has 0 bridgehead atoms. The Morgan fingerprint density at radius 2 is 2.00 bits per heavy atom. The number of non-ortho nitro benzene ring substituents is 1. The number of rotatable bonds is 3. The van der Waals surface area contributed by atoms with Crippen LogP contribution >= 0.6 is 0 Å². The van der Waals surface area contributed by atoms with Crippen LogP contribution in [0.3, 0.4) is 0 Å². The number of para-hydroxylation sites is 1. The van der Waals surface area contributed by atoms with E-state index in [0.29, 0.717) is 5.52 Å². The van der Waals surface area contributed by atoms with Crippen LogP contribution in [0.15, 0.2) is 30.5 Å². The number of anilines is 1. The van der Waals surface area contributed by atoms with E-state index < -0.39 is 0 Å². The van der Waals surface area contributed by atoms with Crippen molar-refractivity contribution in [2.45, 2.75) is 19.3 Å². The molecule has 104 valence electrons. The molecule has 1 aliphatic rings. The maximum atomic E-state index is 11.1. The predicted molar refractivity (Wildman–Crippen MR) is 77.4 cm³/mol. The molecule has 1 aliphatic heterocycles. The Kier molecular flexibility index (Phi) is 3.47. The number of hydrogen-bond donors (Lipinski definition) is 1. The quantitative estimate of drug-likeness (QED) is 0.687. The molecular formula is C14H16N4O2. The zero-order chi connectivity index (χ0) is 13.9. The fourth-order valence-electron chi connectivity index (χ4n) is 2.58. The van der Waals surface area contributed by atoms with Gasteiger partial charge in [0.05, 0.1) is 10.6 Å². The van der Waals surface area contributed by atoms with Gasteiger partial charge < -0.3 is 5.43 Å². The Morgan fingerprint density at radius 1 is 1.20 bits per heavy atom. The molecule has 0 radical (unpaired) electrons. The molecule has 0 saturated carbocycles. The van der Waals surface area contributed by atoms with Crippen molar-refractivity contribution in [3.63, 3.8) is 0 Å². The summed E-state index contributed by atoms with van der Waals surface area (Å²) in [6.45, 7) is 2.00. The van der Waals surface area contributed by atoms with Crippen LogP contribution in [0.4, 0.5) is 11.4 Å². The molecule has 0 spiro atoms. The molecular weight excluding hydrogens is 256 g/mol. The highest BCUT2D eigenvalue weighted by molar-refractivity contribution is 5.96. The number of hydrogen-bond acceptors (Lipinski definition) is 5. The van der Waals surface area contributed by atoms with Crippen molar-refractivity contribution in [1.29, 1.82) is 0 Å². The highest BCUT2D eigenvalue weighted by Crippen LogP contribution is 2.29. The Balaban J connectivity index is 1.98. The van der Waals surface area contributed by atoms with Gasteiger partial charge in [-0.3, -0.25) is 10.1 Å². The fraction of sp³-hybridized carbons (Fsp3) is 0.357. The summed E-state index contributed by atoms with van der Waals surface area (Å²) in [6, 6.07) is 6.91. The molecule has 1 fully saturated rings. The summed E-state index contributed by atoms with van der Waals surface area (Å²) in [7, 11) is 0. The second-order valence-corrected chi connectivity index (χ2v) is 4.95. The van der Waals surface area contributed by atoms with Gasteiger partial charge in [-0.2, -0.15) is 0 Å². The lowest BCUT2D eigenvalue weighted by molar-refractivity contribution is -0.383. The summed E-state index contributed by atoms with van der Waals surface area (Å²) in [5, 5.41) is 14.0. The number of fused-ring (bicyclic) bond motifs is 1. The van der Waals surface area contributed by atoms with E-state index in [-0.39, 0.29) is 10.6 Å². The summed E-state index contributed by atoms with van der Waals surface area (Å²) in [4.78, 5) is 14.8. The van der Waals surface area contributed by atoms with Crippen LogP contribution in [-0.2, 0) is 0 Å². The molecule has 0 amide bonds. The number of hydrazine groups is 1.